The molecule has 0 aliphatic rings. The minimum atomic E-state index is -1.01. The number of rotatable bonds is 8. The maximum atomic E-state index is 14.0. The molecule has 2 rings (SSSR count). The van der Waals surface area contributed by atoms with Crippen LogP contribution in [0.1, 0.15) is 36.8 Å². The Morgan fingerprint density at radius 1 is 1.04 bits per heavy atom. The van der Waals surface area contributed by atoms with Crippen LogP contribution in [0.5, 0.6) is 0 Å². The van der Waals surface area contributed by atoms with Crippen LogP contribution >= 0.6 is 0 Å². The van der Waals surface area contributed by atoms with E-state index in [4.69, 9.17) is 5.11 Å². The van der Waals surface area contributed by atoms with Gasteiger partial charge in [0.1, 0.15) is 11.6 Å². The van der Waals surface area contributed by atoms with Gasteiger partial charge in [0.2, 0.25) is 5.91 Å². The molecule has 0 saturated heterocycles. The first-order valence-electron chi connectivity index (χ1n) is 8.38. The van der Waals surface area contributed by atoms with Crippen molar-refractivity contribution >= 4 is 11.9 Å². The fourth-order valence-electron chi connectivity index (χ4n) is 2.81. The van der Waals surface area contributed by atoms with Crippen LogP contribution in [0.25, 0.3) is 0 Å². The van der Waals surface area contributed by atoms with Crippen LogP contribution < -0.4 is 0 Å². The number of carboxylic acids is 1. The van der Waals surface area contributed by atoms with Crippen molar-refractivity contribution in [1.82, 2.24) is 4.90 Å². The Labute approximate surface area is 151 Å². The zero-order chi connectivity index (χ0) is 19.1. The highest BCUT2D eigenvalue weighted by molar-refractivity contribution is 5.83. The zero-order valence-electron chi connectivity index (χ0n) is 14.5. The highest BCUT2D eigenvalue weighted by atomic mass is 19.1. The maximum Gasteiger partial charge on any atom is 0.303 e. The fraction of sp³-hybridized carbons (Fsp3) is 0.300. The van der Waals surface area contributed by atoms with Gasteiger partial charge in [0.05, 0.1) is 5.92 Å². The van der Waals surface area contributed by atoms with Gasteiger partial charge < -0.3 is 10.0 Å². The Kier molecular flexibility index (Phi) is 6.83. The first-order chi connectivity index (χ1) is 12.4. The number of amides is 1. The van der Waals surface area contributed by atoms with Crippen molar-refractivity contribution in [2.45, 2.75) is 32.2 Å². The quantitative estimate of drug-likeness (QED) is 0.774. The van der Waals surface area contributed by atoms with Crippen molar-refractivity contribution in [2.24, 2.45) is 0 Å². The van der Waals surface area contributed by atoms with E-state index in [0.29, 0.717) is 0 Å². The summed E-state index contributed by atoms with van der Waals surface area (Å²) in [5.74, 6) is -3.94. The Hall–Kier alpha value is -2.76. The van der Waals surface area contributed by atoms with Crippen LogP contribution in [0.3, 0.4) is 0 Å². The lowest BCUT2D eigenvalue weighted by atomic mass is 9.98. The number of hydrogen-bond donors (Lipinski definition) is 1. The van der Waals surface area contributed by atoms with E-state index in [1.807, 2.05) is 30.3 Å². The molecule has 0 spiro atoms. The molecule has 2 aromatic rings. The van der Waals surface area contributed by atoms with E-state index in [9.17, 15) is 18.4 Å². The van der Waals surface area contributed by atoms with Gasteiger partial charge in [-0.3, -0.25) is 9.59 Å². The second-order valence-corrected chi connectivity index (χ2v) is 6.10. The number of carboxylic acid groups (broad SMARTS) is 1. The number of carbonyl (C=O) groups is 2. The summed E-state index contributed by atoms with van der Waals surface area (Å²) in [5, 5.41) is 8.81. The molecule has 0 saturated carbocycles. The molecular formula is C20H21F2NO3. The van der Waals surface area contributed by atoms with Gasteiger partial charge in [-0.2, -0.15) is 0 Å². The van der Waals surface area contributed by atoms with E-state index in [2.05, 4.69) is 0 Å². The smallest absolute Gasteiger partial charge is 0.303 e. The number of aliphatic carboxylic acids is 1. The molecule has 6 heteroatoms. The van der Waals surface area contributed by atoms with Crippen LogP contribution in [-0.4, -0.2) is 28.4 Å². The van der Waals surface area contributed by atoms with Gasteiger partial charge in [0.15, 0.2) is 0 Å². The second kappa shape index (κ2) is 9.08. The van der Waals surface area contributed by atoms with Gasteiger partial charge in [-0.15, -0.1) is 0 Å². The predicted octanol–water partition coefficient (Wildman–Crippen LogP) is 3.96. The van der Waals surface area contributed by atoms with Gasteiger partial charge in [-0.25, -0.2) is 8.78 Å². The molecule has 4 nitrogen and oxygen atoms in total. The van der Waals surface area contributed by atoms with Crippen molar-refractivity contribution in [1.29, 1.82) is 0 Å². The first-order valence-corrected chi connectivity index (χ1v) is 8.38. The van der Waals surface area contributed by atoms with E-state index in [1.54, 1.807) is 0 Å². The Balaban J connectivity index is 2.21. The second-order valence-electron chi connectivity index (χ2n) is 6.10. The van der Waals surface area contributed by atoms with Gasteiger partial charge in [0.25, 0.3) is 0 Å². The van der Waals surface area contributed by atoms with Gasteiger partial charge >= 0.3 is 5.97 Å². The summed E-state index contributed by atoms with van der Waals surface area (Å²) in [5.41, 5.74) is 0.589. The molecule has 0 aromatic heterocycles. The van der Waals surface area contributed by atoms with E-state index < -0.39 is 29.4 Å². The normalized spacial score (nSPS) is 11.8. The summed E-state index contributed by atoms with van der Waals surface area (Å²) in [6.07, 6.45) is 0.182. The largest absolute Gasteiger partial charge is 0.481 e. The van der Waals surface area contributed by atoms with Crippen LogP contribution in [0.15, 0.2) is 48.5 Å². The van der Waals surface area contributed by atoms with Crippen molar-refractivity contribution in [3.63, 3.8) is 0 Å². The third-order valence-electron chi connectivity index (χ3n) is 4.15. The zero-order valence-corrected chi connectivity index (χ0v) is 14.5. The van der Waals surface area contributed by atoms with Crippen molar-refractivity contribution in [3.05, 3.63) is 71.3 Å². The monoisotopic (exact) mass is 361 g/mol. The SMILES string of the molecule is CC(C(=O)N(CCCC(=O)O)Cc1ccccc1)c1c(F)cccc1F. The Morgan fingerprint density at radius 2 is 1.65 bits per heavy atom. The molecular weight excluding hydrogens is 340 g/mol. The first kappa shape index (κ1) is 19.6. The molecule has 26 heavy (non-hydrogen) atoms. The van der Waals surface area contributed by atoms with Crippen LogP contribution in [0.4, 0.5) is 8.78 Å². The van der Waals surface area contributed by atoms with Gasteiger partial charge in [-0.05, 0) is 31.0 Å². The molecule has 1 unspecified atom stereocenters. The topological polar surface area (TPSA) is 57.6 Å². The van der Waals surface area contributed by atoms with Crippen LogP contribution in [-0.2, 0) is 16.1 Å². The van der Waals surface area contributed by atoms with E-state index in [1.165, 1.54) is 17.9 Å². The van der Waals surface area contributed by atoms with E-state index >= 15 is 0 Å². The number of halogens is 2. The molecule has 0 aliphatic heterocycles. The average molecular weight is 361 g/mol. The molecule has 0 radical (unpaired) electrons. The van der Waals surface area contributed by atoms with Crippen molar-refractivity contribution in [2.75, 3.05) is 6.54 Å². The Bertz CT molecular complexity index is 745. The van der Waals surface area contributed by atoms with Gasteiger partial charge in [0, 0.05) is 25.1 Å². The molecule has 0 heterocycles. The lowest BCUT2D eigenvalue weighted by Gasteiger charge is -2.26. The lowest BCUT2D eigenvalue weighted by molar-refractivity contribution is -0.138. The summed E-state index contributed by atoms with van der Waals surface area (Å²) in [7, 11) is 0. The molecule has 0 bridgehead atoms. The molecule has 1 N–H and O–H groups in total. The fourth-order valence-corrected chi connectivity index (χ4v) is 2.81. The summed E-state index contributed by atoms with van der Waals surface area (Å²) in [4.78, 5) is 25.1. The molecule has 138 valence electrons. The minimum absolute atomic E-state index is 0.0823. The summed E-state index contributed by atoms with van der Waals surface area (Å²) in [6, 6.07) is 12.7. The number of carbonyl (C=O) groups excluding carboxylic acids is 1. The van der Waals surface area contributed by atoms with Crippen molar-refractivity contribution in [3.8, 4) is 0 Å². The number of hydrogen-bond acceptors (Lipinski definition) is 2. The summed E-state index contributed by atoms with van der Waals surface area (Å²) in [6.45, 7) is 1.90. The highest BCUT2D eigenvalue weighted by Gasteiger charge is 2.27. The van der Waals surface area contributed by atoms with Crippen LogP contribution in [0.2, 0.25) is 0 Å². The minimum Gasteiger partial charge on any atom is -0.481 e. The van der Waals surface area contributed by atoms with Crippen molar-refractivity contribution < 1.29 is 23.5 Å². The predicted molar refractivity (Wildman–Crippen MR) is 93.5 cm³/mol. The summed E-state index contributed by atoms with van der Waals surface area (Å²) >= 11 is 0. The van der Waals surface area contributed by atoms with E-state index in [0.717, 1.165) is 17.7 Å². The average Bonchev–Trinajstić information content (AvgIpc) is 2.60. The molecule has 1 amide bonds. The van der Waals surface area contributed by atoms with E-state index in [-0.39, 0.29) is 31.5 Å². The standard InChI is InChI=1S/C20H21F2NO3/c1-14(19-16(21)9-5-10-17(19)22)20(26)23(12-6-11-18(24)25)13-15-7-3-2-4-8-15/h2-5,7-10,14H,6,11-13H2,1H3,(H,24,25). The molecule has 0 aliphatic carbocycles. The maximum absolute atomic E-state index is 14.0. The summed E-state index contributed by atoms with van der Waals surface area (Å²) < 4.78 is 28.0. The molecule has 2 aromatic carbocycles. The number of nitrogens with zero attached hydrogens (tertiary/aromatic N) is 1. The van der Waals surface area contributed by atoms with Crippen LogP contribution in [0, 0.1) is 11.6 Å². The molecule has 1 atom stereocenters. The Morgan fingerprint density at radius 3 is 2.23 bits per heavy atom. The highest BCUT2D eigenvalue weighted by Crippen LogP contribution is 2.25. The third kappa shape index (κ3) is 5.12. The molecule has 0 fully saturated rings. The number of benzene rings is 2. The lowest BCUT2D eigenvalue weighted by Crippen LogP contribution is -2.35. The van der Waals surface area contributed by atoms with Gasteiger partial charge in [-0.1, -0.05) is 36.4 Å². The third-order valence-corrected chi connectivity index (χ3v) is 4.15.